The Kier molecular flexibility index (Phi) is 4.47. The molecule has 1 amide bonds. The van der Waals surface area contributed by atoms with Crippen LogP contribution < -0.4 is 10.0 Å². The zero-order valence-electron chi connectivity index (χ0n) is 15.1. The van der Waals surface area contributed by atoms with Gasteiger partial charge in [0.2, 0.25) is 10.0 Å². The van der Waals surface area contributed by atoms with Crippen LogP contribution in [0.3, 0.4) is 0 Å². The van der Waals surface area contributed by atoms with Crippen molar-refractivity contribution in [3.63, 3.8) is 0 Å². The summed E-state index contributed by atoms with van der Waals surface area (Å²) >= 11 is 0. The lowest BCUT2D eigenvalue weighted by molar-refractivity contribution is -0.150. The van der Waals surface area contributed by atoms with E-state index < -0.39 is 15.4 Å². The number of ether oxygens (including phenoxy) is 1. The second-order valence-corrected chi connectivity index (χ2v) is 8.72. The highest BCUT2D eigenvalue weighted by molar-refractivity contribution is 7.89. The van der Waals surface area contributed by atoms with Crippen molar-refractivity contribution in [1.82, 2.24) is 0 Å². The van der Waals surface area contributed by atoms with Gasteiger partial charge in [0, 0.05) is 12.2 Å². The number of hydrogen-bond donors (Lipinski definition) is 1. The third-order valence-electron chi connectivity index (χ3n) is 5.37. The molecule has 4 rings (SSSR count). The lowest BCUT2D eigenvalue weighted by atomic mass is 9.96. The maximum Gasteiger partial charge on any atom is 0.317 e. The summed E-state index contributed by atoms with van der Waals surface area (Å²) < 4.78 is 28.3. The highest BCUT2D eigenvalue weighted by Gasteiger charge is 2.52. The van der Waals surface area contributed by atoms with Crippen LogP contribution in [0.4, 0.5) is 5.69 Å². The molecule has 146 valence electrons. The fourth-order valence-corrected chi connectivity index (χ4v) is 4.21. The number of benzene rings is 2. The van der Waals surface area contributed by atoms with Gasteiger partial charge in [-0.05, 0) is 48.6 Å². The maximum absolute atomic E-state index is 12.6. The van der Waals surface area contributed by atoms with Gasteiger partial charge < -0.3 is 9.64 Å². The molecule has 8 heteroatoms. The molecule has 0 spiro atoms. The molecule has 0 radical (unpaired) electrons. The van der Waals surface area contributed by atoms with Crippen LogP contribution in [0.5, 0.6) is 0 Å². The van der Waals surface area contributed by atoms with Crippen LogP contribution in [-0.2, 0) is 36.2 Å². The number of nitrogens with zero attached hydrogens (tertiary/aromatic N) is 1. The summed E-state index contributed by atoms with van der Waals surface area (Å²) in [5, 5.41) is 5.16. The minimum absolute atomic E-state index is 0.0190. The van der Waals surface area contributed by atoms with Gasteiger partial charge in [-0.3, -0.25) is 9.59 Å². The Labute approximate surface area is 163 Å². The third kappa shape index (κ3) is 3.29. The van der Waals surface area contributed by atoms with Crippen molar-refractivity contribution in [1.29, 1.82) is 0 Å². The van der Waals surface area contributed by atoms with E-state index in [0.29, 0.717) is 31.5 Å². The number of carbonyl (C=O) groups excluding carboxylic acids is 2. The van der Waals surface area contributed by atoms with Crippen LogP contribution >= 0.6 is 0 Å². The van der Waals surface area contributed by atoms with E-state index in [1.807, 2.05) is 30.3 Å². The molecule has 2 aromatic rings. The summed E-state index contributed by atoms with van der Waals surface area (Å²) in [4.78, 5) is 26.7. The molecule has 0 atom stereocenters. The molecule has 0 unspecified atom stereocenters. The summed E-state index contributed by atoms with van der Waals surface area (Å²) in [6.07, 6.45) is 1.95. The Morgan fingerprint density at radius 1 is 1.11 bits per heavy atom. The predicted octanol–water partition coefficient (Wildman–Crippen LogP) is 1.50. The Hall–Kier alpha value is -2.71. The number of amides is 1. The summed E-state index contributed by atoms with van der Waals surface area (Å²) in [6, 6.07) is 13.9. The predicted molar refractivity (Wildman–Crippen MR) is 102 cm³/mol. The number of anilines is 1. The minimum Gasteiger partial charge on any atom is -0.455 e. The monoisotopic (exact) mass is 400 g/mol. The zero-order chi connectivity index (χ0) is 19.9. The lowest BCUT2D eigenvalue weighted by Crippen LogP contribution is -2.35. The molecule has 1 aliphatic carbocycles. The van der Waals surface area contributed by atoms with E-state index in [-0.39, 0.29) is 23.4 Å². The van der Waals surface area contributed by atoms with Crippen LogP contribution in [0, 0.1) is 0 Å². The van der Waals surface area contributed by atoms with Crippen molar-refractivity contribution in [2.24, 2.45) is 5.14 Å². The SMILES string of the molecule is NS(=O)(=O)c1ccc2c(c1)CCN2C(=O)COC(=O)C1(c2ccccc2)CC1. The van der Waals surface area contributed by atoms with Gasteiger partial charge in [0.05, 0.1) is 10.3 Å². The second-order valence-electron chi connectivity index (χ2n) is 7.16. The van der Waals surface area contributed by atoms with Crippen LogP contribution in [0.15, 0.2) is 53.4 Å². The molecular weight excluding hydrogens is 380 g/mol. The van der Waals surface area contributed by atoms with Gasteiger partial charge in [-0.15, -0.1) is 0 Å². The standard InChI is InChI=1S/C20H20N2O5S/c21-28(25,26)16-6-7-17-14(12-16)8-11-22(17)18(23)13-27-19(24)20(9-10-20)15-4-2-1-3-5-15/h1-7,12H,8-11,13H2,(H2,21,25,26). The highest BCUT2D eigenvalue weighted by Crippen LogP contribution is 2.49. The highest BCUT2D eigenvalue weighted by atomic mass is 32.2. The molecule has 0 aromatic heterocycles. The molecular formula is C20H20N2O5S. The van der Waals surface area contributed by atoms with E-state index in [4.69, 9.17) is 9.88 Å². The third-order valence-corrected chi connectivity index (χ3v) is 6.28. The molecule has 28 heavy (non-hydrogen) atoms. The number of primary sulfonamides is 1. The van der Waals surface area contributed by atoms with Gasteiger partial charge in [-0.2, -0.15) is 0 Å². The maximum atomic E-state index is 12.6. The van der Waals surface area contributed by atoms with E-state index in [1.54, 1.807) is 6.07 Å². The molecule has 7 nitrogen and oxygen atoms in total. The largest absolute Gasteiger partial charge is 0.455 e. The van der Waals surface area contributed by atoms with Gasteiger partial charge >= 0.3 is 5.97 Å². The van der Waals surface area contributed by atoms with E-state index in [0.717, 1.165) is 11.1 Å². The lowest BCUT2D eigenvalue weighted by Gasteiger charge is -2.19. The van der Waals surface area contributed by atoms with Crippen LogP contribution in [0.25, 0.3) is 0 Å². The van der Waals surface area contributed by atoms with E-state index in [1.165, 1.54) is 17.0 Å². The van der Waals surface area contributed by atoms with Crippen molar-refractivity contribution in [2.75, 3.05) is 18.1 Å². The first kappa shape index (κ1) is 18.6. The number of hydrogen-bond acceptors (Lipinski definition) is 5. The fraction of sp³-hybridized carbons (Fsp3) is 0.300. The quantitative estimate of drug-likeness (QED) is 0.766. The number of esters is 1. The van der Waals surface area contributed by atoms with Crippen LogP contribution in [-0.4, -0.2) is 33.4 Å². The van der Waals surface area contributed by atoms with Gasteiger partial charge in [0.1, 0.15) is 0 Å². The smallest absolute Gasteiger partial charge is 0.317 e. The number of fused-ring (bicyclic) bond motifs is 1. The molecule has 2 N–H and O–H groups in total. The summed E-state index contributed by atoms with van der Waals surface area (Å²) in [5.41, 5.74) is 1.63. The summed E-state index contributed by atoms with van der Waals surface area (Å²) in [6.45, 7) is 0.0629. The van der Waals surface area contributed by atoms with Crippen LogP contribution in [0.2, 0.25) is 0 Å². The molecule has 1 saturated carbocycles. The second kappa shape index (κ2) is 6.72. The molecule has 0 bridgehead atoms. The van der Waals surface area contributed by atoms with Crippen molar-refractivity contribution >= 4 is 27.6 Å². The van der Waals surface area contributed by atoms with E-state index in [9.17, 15) is 18.0 Å². The first-order valence-electron chi connectivity index (χ1n) is 9.00. The Morgan fingerprint density at radius 3 is 2.46 bits per heavy atom. The normalized spacial score (nSPS) is 17.1. The first-order valence-corrected chi connectivity index (χ1v) is 10.5. The Morgan fingerprint density at radius 2 is 1.82 bits per heavy atom. The number of carbonyl (C=O) groups is 2. The average molecular weight is 400 g/mol. The summed E-state index contributed by atoms with van der Waals surface area (Å²) in [5.74, 6) is -0.713. The molecule has 2 aromatic carbocycles. The van der Waals surface area contributed by atoms with E-state index in [2.05, 4.69) is 0 Å². The zero-order valence-corrected chi connectivity index (χ0v) is 15.9. The molecule has 0 saturated heterocycles. The minimum atomic E-state index is -3.79. The molecule has 1 aliphatic heterocycles. The van der Waals surface area contributed by atoms with E-state index >= 15 is 0 Å². The van der Waals surface area contributed by atoms with Gasteiger partial charge in [-0.25, -0.2) is 13.6 Å². The Balaban J connectivity index is 1.43. The number of sulfonamides is 1. The van der Waals surface area contributed by atoms with Crippen molar-refractivity contribution in [3.8, 4) is 0 Å². The topological polar surface area (TPSA) is 107 Å². The van der Waals surface area contributed by atoms with Gasteiger partial charge in [0.25, 0.3) is 5.91 Å². The number of nitrogens with two attached hydrogens (primary N) is 1. The van der Waals surface area contributed by atoms with Gasteiger partial charge in [-0.1, -0.05) is 30.3 Å². The first-order chi connectivity index (χ1) is 13.3. The molecule has 1 heterocycles. The van der Waals surface area contributed by atoms with Crippen molar-refractivity contribution < 1.29 is 22.7 Å². The molecule has 1 fully saturated rings. The van der Waals surface area contributed by atoms with Gasteiger partial charge in [0.15, 0.2) is 6.61 Å². The Bertz CT molecular complexity index is 1050. The average Bonchev–Trinajstić information content (AvgIpc) is 3.39. The fourth-order valence-electron chi connectivity index (χ4n) is 3.65. The van der Waals surface area contributed by atoms with Crippen LogP contribution in [0.1, 0.15) is 24.0 Å². The summed E-state index contributed by atoms with van der Waals surface area (Å²) in [7, 11) is -3.79. The molecule has 2 aliphatic rings. The van der Waals surface area contributed by atoms with Crippen molar-refractivity contribution in [2.45, 2.75) is 29.6 Å². The van der Waals surface area contributed by atoms with Crippen molar-refractivity contribution in [3.05, 3.63) is 59.7 Å². The number of rotatable bonds is 5.